The van der Waals surface area contributed by atoms with E-state index in [1.807, 2.05) is 29.1 Å². The fourth-order valence-corrected chi connectivity index (χ4v) is 1.70. The highest BCUT2D eigenvalue weighted by Crippen LogP contribution is 2.15. The smallest absolute Gasteiger partial charge is 0.132 e. The number of aromatic nitrogens is 2. The van der Waals surface area contributed by atoms with E-state index >= 15 is 0 Å². The molecule has 0 saturated carbocycles. The summed E-state index contributed by atoms with van der Waals surface area (Å²) in [6.45, 7) is 4.68. The first-order valence-corrected chi connectivity index (χ1v) is 6.40. The highest BCUT2D eigenvalue weighted by Gasteiger charge is 2.05. The highest BCUT2D eigenvalue weighted by molar-refractivity contribution is 5.36. The predicted molar refractivity (Wildman–Crippen MR) is 72.7 cm³/mol. The summed E-state index contributed by atoms with van der Waals surface area (Å²) in [6, 6.07) is 11.6. The first-order chi connectivity index (χ1) is 9.22. The van der Waals surface area contributed by atoms with Crippen molar-refractivity contribution in [2.75, 3.05) is 0 Å². The molecule has 0 aliphatic rings. The van der Waals surface area contributed by atoms with Gasteiger partial charge in [0.2, 0.25) is 0 Å². The van der Waals surface area contributed by atoms with E-state index in [0.29, 0.717) is 24.0 Å². The van der Waals surface area contributed by atoms with Crippen LogP contribution in [0.25, 0.3) is 0 Å². The number of nitrogens with zero attached hydrogens (tertiary/aromatic N) is 3. The monoisotopic (exact) mass is 255 g/mol. The lowest BCUT2D eigenvalue weighted by molar-refractivity contribution is 0.298. The quantitative estimate of drug-likeness (QED) is 0.823. The molecule has 1 unspecified atom stereocenters. The van der Waals surface area contributed by atoms with Crippen LogP contribution in [0.3, 0.4) is 0 Å². The number of nitriles is 1. The molecule has 2 rings (SSSR count). The zero-order valence-electron chi connectivity index (χ0n) is 11.2. The molecule has 0 amide bonds. The van der Waals surface area contributed by atoms with Crippen LogP contribution in [0.4, 0.5) is 0 Å². The van der Waals surface area contributed by atoms with Crippen LogP contribution in [0.15, 0.2) is 36.5 Å². The Morgan fingerprint density at radius 3 is 3.00 bits per heavy atom. The average molecular weight is 255 g/mol. The number of hydrogen-bond donors (Lipinski definition) is 0. The van der Waals surface area contributed by atoms with E-state index in [1.54, 1.807) is 12.1 Å². The van der Waals surface area contributed by atoms with E-state index in [-0.39, 0.29) is 0 Å². The molecule has 2 aromatic rings. The molecule has 1 aromatic carbocycles. The SMILES string of the molecule is CCC(C)n1ccc(COc2cccc(C#N)c2)n1. The first-order valence-electron chi connectivity index (χ1n) is 6.40. The molecule has 98 valence electrons. The molecular weight excluding hydrogens is 238 g/mol. The summed E-state index contributed by atoms with van der Waals surface area (Å²) in [7, 11) is 0. The Hall–Kier alpha value is -2.28. The van der Waals surface area contributed by atoms with Crippen LogP contribution in [0.2, 0.25) is 0 Å². The molecule has 0 aliphatic carbocycles. The molecule has 0 aliphatic heterocycles. The second-order valence-corrected chi connectivity index (χ2v) is 4.47. The second-order valence-electron chi connectivity index (χ2n) is 4.47. The molecule has 1 aromatic heterocycles. The molecule has 0 bridgehead atoms. The maximum Gasteiger partial charge on any atom is 0.132 e. The summed E-state index contributed by atoms with van der Waals surface area (Å²) in [5, 5.41) is 13.3. The lowest BCUT2D eigenvalue weighted by Crippen LogP contribution is -2.05. The van der Waals surface area contributed by atoms with Crippen molar-refractivity contribution >= 4 is 0 Å². The Kier molecular flexibility index (Phi) is 4.19. The van der Waals surface area contributed by atoms with E-state index < -0.39 is 0 Å². The van der Waals surface area contributed by atoms with E-state index in [2.05, 4.69) is 25.0 Å². The van der Waals surface area contributed by atoms with Crippen molar-refractivity contribution < 1.29 is 4.74 Å². The maximum atomic E-state index is 8.82. The van der Waals surface area contributed by atoms with Gasteiger partial charge in [-0.1, -0.05) is 13.0 Å². The second kappa shape index (κ2) is 6.05. The van der Waals surface area contributed by atoms with Gasteiger partial charge in [-0.15, -0.1) is 0 Å². The van der Waals surface area contributed by atoms with Gasteiger partial charge in [-0.25, -0.2) is 0 Å². The van der Waals surface area contributed by atoms with Crippen LogP contribution in [0.5, 0.6) is 5.75 Å². The summed E-state index contributed by atoms with van der Waals surface area (Å²) in [6.07, 6.45) is 3.02. The number of ether oxygens (including phenoxy) is 1. The fourth-order valence-electron chi connectivity index (χ4n) is 1.70. The molecule has 4 heteroatoms. The van der Waals surface area contributed by atoms with Crippen molar-refractivity contribution in [3.63, 3.8) is 0 Å². The van der Waals surface area contributed by atoms with Gasteiger partial charge < -0.3 is 4.74 Å². The third-order valence-electron chi connectivity index (χ3n) is 3.06. The third-order valence-corrected chi connectivity index (χ3v) is 3.06. The molecule has 19 heavy (non-hydrogen) atoms. The van der Waals surface area contributed by atoms with Crippen molar-refractivity contribution in [3.8, 4) is 11.8 Å². The Morgan fingerprint density at radius 1 is 1.42 bits per heavy atom. The molecule has 0 N–H and O–H groups in total. The van der Waals surface area contributed by atoms with Crippen LogP contribution < -0.4 is 4.74 Å². The van der Waals surface area contributed by atoms with Gasteiger partial charge in [0.25, 0.3) is 0 Å². The Labute approximate surface area is 113 Å². The molecule has 1 heterocycles. The maximum absolute atomic E-state index is 8.82. The van der Waals surface area contributed by atoms with Crippen LogP contribution in [-0.4, -0.2) is 9.78 Å². The van der Waals surface area contributed by atoms with Crippen LogP contribution in [0, 0.1) is 11.3 Å². The zero-order valence-corrected chi connectivity index (χ0v) is 11.2. The molecule has 0 radical (unpaired) electrons. The minimum Gasteiger partial charge on any atom is -0.487 e. The molecular formula is C15H17N3O. The highest BCUT2D eigenvalue weighted by atomic mass is 16.5. The summed E-state index contributed by atoms with van der Waals surface area (Å²) >= 11 is 0. The minimum atomic E-state index is 0.399. The Balaban J connectivity index is 1.98. The minimum absolute atomic E-state index is 0.399. The number of benzene rings is 1. The van der Waals surface area contributed by atoms with Crippen LogP contribution in [0.1, 0.15) is 37.6 Å². The molecule has 0 saturated heterocycles. The van der Waals surface area contributed by atoms with Gasteiger partial charge in [0.05, 0.1) is 17.3 Å². The van der Waals surface area contributed by atoms with E-state index in [9.17, 15) is 0 Å². The van der Waals surface area contributed by atoms with Crippen molar-refractivity contribution in [3.05, 3.63) is 47.8 Å². The van der Waals surface area contributed by atoms with Gasteiger partial charge >= 0.3 is 0 Å². The lowest BCUT2D eigenvalue weighted by Gasteiger charge is -2.08. The molecule has 4 nitrogen and oxygen atoms in total. The summed E-state index contributed by atoms with van der Waals surface area (Å²) in [4.78, 5) is 0. The normalized spacial score (nSPS) is 11.8. The van der Waals surface area contributed by atoms with Crippen molar-refractivity contribution in [1.29, 1.82) is 5.26 Å². The van der Waals surface area contributed by atoms with Gasteiger partial charge in [0.1, 0.15) is 12.4 Å². The predicted octanol–water partition coefficient (Wildman–Crippen LogP) is 3.30. The van der Waals surface area contributed by atoms with Crippen LogP contribution in [-0.2, 0) is 6.61 Å². The van der Waals surface area contributed by atoms with Crippen molar-refractivity contribution in [2.24, 2.45) is 0 Å². The van der Waals surface area contributed by atoms with Gasteiger partial charge in [-0.05, 0) is 37.6 Å². The standard InChI is InChI=1S/C15H17N3O/c1-3-12(2)18-8-7-14(17-18)11-19-15-6-4-5-13(9-15)10-16/h4-9,12H,3,11H2,1-2H3. The van der Waals surface area contributed by atoms with Gasteiger partial charge in [-0.2, -0.15) is 10.4 Å². The molecule has 0 spiro atoms. The zero-order chi connectivity index (χ0) is 13.7. The van der Waals surface area contributed by atoms with Gasteiger partial charge in [0, 0.05) is 12.2 Å². The largest absolute Gasteiger partial charge is 0.487 e. The fraction of sp³-hybridized carbons (Fsp3) is 0.333. The molecule has 1 atom stereocenters. The van der Waals surface area contributed by atoms with Gasteiger partial charge in [0.15, 0.2) is 0 Å². The Morgan fingerprint density at radius 2 is 2.26 bits per heavy atom. The van der Waals surface area contributed by atoms with E-state index in [4.69, 9.17) is 10.00 Å². The average Bonchev–Trinajstić information content (AvgIpc) is 2.93. The van der Waals surface area contributed by atoms with Crippen molar-refractivity contribution in [1.82, 2.24) is 9.78 Å². The third kappa shape index (κ3) is 3.35. The molecule has 0 fully saturated rings. The first kappa shape index (κ1) is 13.2. The summed E-state index contributed by atoms with van der Waals surface area (Å²) in [5.41, 5.74) is 1.49. The van der Waals surface area contributed by atoms with Crippen LogP contribution >= 0.6 is 0 Å². The van der Waals surface area contributed by atoms with Crippen molar-refractivity contribution in [2.45, 2.75) is 32.9 Å². The summed E-state index contributed by atoms with van der Waals surface area (Å²) < 4.78 is 7.58. The number of hydrogen-bond acceptors (Lipinski definition) is 3. The topological polar surface area (TPSA) is 50.8 Å². The lowest BCUT2D eigenvalue weighted by atomic mass is 10.2. The van der Waals surface area contributed by atoms with E-state index in [1.165, 1.54) is 0 Å². The van der Waals surface area contributed by atoms with Gasteiger partial charge in [-0.3, -0.25) is 4.68 Å². The summed E-state index contributed by atoms with van der Waals surface area (Å²) in [5.74, 6) is 0.692. The Bertz CT molecular complexity index is 583. The number of rotatable bonds is 5. The van der Waals surface area contributed by atoms with E-state index in [0.717, 1.165) is 12.1 Å².